The average Bonchev–Trinajstić information content (AvgIpc) is 3.26. The Bertz CT molecular complexity index is 1290. The second kappa shape index (κ2) is 10.6. The van der Waals surface area contributed by atoms with Crippen molar-refractivity contribution < 1.29 is 28.4 Å². The number of nitrogens with zero attached hydrogens (tertiary/aromatic N) is 3. The minimum Gasteiger partial charge on any atom is -0.444 e. The third-order valence-electron chi connectivity index (χ3n) is 8.15. The van der Waals surface area contributed by atoms with Crippen LogP contribution in [0.5, 0.6) is 0 Å². The molecule has 0 radical (unpaired) electrons. The van der Waals surface area contributed by atoms with Gasteiger partial charge in [-0.15, -0.1) is 0 Å². The topological polar surface area (TPSA) is 92.1 Å². The minimum absolute atomic E-state index is 0.0690. The van der Waals surface area contributed by atoms with E-state index < -0.39 is 35.6 Å². The van der Waals surface area contributed by atoms with Crippen LogP contribution in [0.4, 0.5) is 9.59 Å². The second-order valence-electron chi connectivity index (χ2n) is 14.7. The Labute approximate surface area is 245 Å². The maximum absolute atomic E-state index is 13.7. The number of aromatic nitrogens is 2. The van der Waals surface area contributed by atoms with Crippen molar-refractivity contribution in [3.8, 4) is 0 Å². The summed E-state index contributed by atoms with van der Waals surface area (Å²) >= 11 is 0. The molecule has 0 aromatic carbocycles. The van der Waals surface area contributed by atoms with Crippen LogP contribution in [0.1, 0.15) is 119 Å². The van der Waals surface area contributed by atoms with Crippen molar-refractivity contribution in [2.24, 2.45) is 0 Å². The van der Waals surface area contributed by atoms with Gasteiger partial charge in [-0.1, -0.05) is 13.8 Å². The molecule has 1 amide bonds. The van der Waals surface area contributed by atoms with E-state index in [-0.39, 0.29) is 17.9 Å². The van der Waals surface area contributed by atoms with Gasteiger partial charge in [-0.2, -0.15) is 0 Å². The summed E-state index contributed by atoms with van der Waals surface area (Å²) < 4.78 is 26.0. The van der Waals surface area contributed by atoms with Crippen LogP contribution in [0.2, 0.25) is 0 Å². The lowest BCUT2D eigenvalue weighted by Gasteiger charge is -2.33. The van der Waals surface area contributed by atoms with E-state index in [0.717, 1.165) is 29.5 Å². The van der Waals surface area contributed by atoms with Crippen LogP contribution in [-0.2, 0) is 18.8 Å². The Morgan fingerprint density at radius 3 is 1.95 bits per heavy atom. The van der Waals surface area contributed by atoms with Crippen molar-refractivity contribution in [3.63, 3.8) is 0 Å². The molecular formula is C31H48BN3O6. The lowest BCUT2D eigenvalue weighted by molar-refractivity contribution is 0.00578. The lowest BCUT2D eigenvalue weighted by Crippen LogP contribution is -2.45. The van der Waals surface area contributed by atoms with Gasteiger partial charge in [0, 0.05) is 30.1 Å². The van der Waals surface area contributed by atoms with Gasteiger partial charge in [0.1, 0.15) is 11.2 Å². The highest BCUT2D eigenvalue weighted by molar-refractivity contribution is 6.63. The van der Waals surface area contributed by atoms with Crippen LogP contribution in [-0.4, -0.2) is 69.2 Å². The fourth-order valence-electron chi connectivity index (χ4n) is 5.45. The molecule has 2 aromatic rings. The first-order chi connectivity index (χ1) is 18.7. The largest absolute Gasteiger partial charge is 0.513 e. The summed E-state index contributed by atoms with van der Waals surface area (Å²) in [6.45, 7) is 24.7. The molecular weight excluding hydrogens is 521 g/mol. The number of rotatable bonds is 3. The molecule has 41 heavy (non-hydrogen) atoms. The molecule has 2 aliphatic rings. The zero-order chi connectivity index (χ0) is 30.7. The van der Waals surface area contributed by atoms with Gasteiger partial charge in [0.25, 0.3) is 0 Å². The zero-order valence-corrected chi connectivity index (χ0v) is 27.0. The predicted octanol–water partition coefficient (Wildman–Crippen LogP) is 6.36. The van der Waals surface area contributed by atoms with Gasteiger partial charge < -0.3 is 23.7 Å². The van der Waals surface area contributed by atoms with E-state index in [2.05, 4.69) is 19.9 Å². The van der Waals surface area contributed by atoms with Crippen molar-refractivity contribution in [1.29, 1.82) is 0 Å². The maximum atomic E-state index is 13.7. The highest BCUT2D eigenvalue weighted by Gasteiger charge is 2.54. The molecule has 0 unspecified atom stereocenters. The molecule has 0 spiro atoms. The summed E-state index contributed by atoms with van der Waals surface area (Å²) in [7, 11) is -0.752. The van der Waals surface area contributed by atoms with E-state index >= 15 is 0 Å². The first-order valence-corrected chi connectivity index (χ1v) is 14.8. The number of hydrogen-bond donors (Lipinski definition) is 0. The zero-order valence-electron chi connectivity index (χ0n) is 27.0. The van der Waals surface area contributed by atoms with Gasteiger partial charge in [-0.05, 0) is 99.6 Å². The molecule has 226 valence electrons. The van der Waals surface area contributed by atoms with E-state index in [4.69, 9.17) is 23.8 Å². The highest BCUT2D eigenvalue weighted by Crippen LogP contribution is 2.39. The average molecular weight is 570 g/mol. The fraction of sp³-hybridized carbons (Fsp3) is 0.710. The van der Waals surface area contributed by atoms with Gasteiger partial charge in [0.2, 0.25) is 0 Å². The first kappa shape index (κ1) is 31.4. The first-order valence-electron chi connectivity index (χ1n) is 14.8. The molecule has 0 atom stereocenters. The van der Waals surface area contributed by atoms with E-state index in [0.29, 0.717) is 24.2 Å². The fourth-order valence-corrected chi connectivity index (χ4v) is 5.45. The quantitative estimate of drug-likeness (QED) is 0.398. The molecule has 4 heterocycles. The van der Waals surface area contributed by atoms with Crippen LogP contribution >= 0.6 is 0 Å². The monoisotopic (exact) mass is 569 g/mol. The summed E-state index contributed by atoms with van der Waals surface area (Å²) in [4.78, 5) is 33.0. The molecule has 9 nitrogen and oxygen atoms in total. The summed E-state index contributed by atoms with van der Waals surface area (Å²) in [5, 5.41) is 0.940. The number of carbonyl (C=O) groups excluding carboxylic acids is 2. The minimum atomic E-state index is -0.752. The Morgan fingerprint density at radius 1 is 0.951 bits per heavy atom. The standard InChI is InChI=1S/C31H48BN3O6/c1-19(2)24-21-17-22(20-13-15-34(16-14-20)26(36)38-28(3,4)5)33-18-23(21)35(27(37)39-29(6,7)8)25(24)32-40-30(9,10)31(11,12)41-32/h17-20H,13-16H2,1-12H3. The van der Waals surface area contributed by atoms with E-state index in [1.165, 1.54) is 0 Å². The van der Waals surface area contributed by atoms with E-state index in [1.807, 2.05) is 69.2 Å². The molecule has 0 bridgehead atoms. The smallest absolute Gasteiger partial charge is 0.444 e. The Balaban J connectivity index is 1.76. The molecule has 2 saturated heterocycles. The van der Waals surface area contributed by atoms with Crippen LogP contribution in [0.3, 0.4) is 0 Å². The molecule has 2 aromatic heterocycles. The number of ether oxygens (including phenoxy) is 2. The van der Waals surface area contributed by atoms with Crippen LogP contribution in [0.15, 0.2) is 12.3 Å². The second-order valence-corrected chi connectivity index (χ2v) is 14.7. The summed E-state index contributed by atoms with van der Waals surface area (Å²) in [5.41, 5.74) is 0.894. The normalized spacial score (nSPS) is 19.7. The maximum Gasteiger partial charge on any atom is 0.513 e. The van der Waals surface area contributed by atoms with Crippen molar-refractivity contribution in [3.05, 3.63) is 23.5 Å². The molecule has 4 rings (SSSR count). The molecule has 0 N–H and O–H groups in total. The number of piperidine rings is 1. The van der Waals surface area contributed by atoms with Gasteiger partial charge in [-0.3, -0.25) is 9.55 Å². The number of amides is 1. The third-order valence-corrected chi connectivity index (χ3v) is 8.15. The predicted molar refractivity (Wildman–Crippen MR) is 161 cm³/mol. The molecule has 2 fully saturated rings. The number of pyridine rings is 1. The SMILES string of the molecule is CC(C)c1c(B2OC(C)(C)C(C)(C)O2)n(C(=O)OC(C)(C)C)c2cnc(C3CCN(C(=O)OC(C)(C)C)CC3)cc12. The Hall–Kier alpha value is -2.59. The summed E-state index contributed by atoms with van der Waals surface area (Å²) in [6, 6.07) is 2.11. The number of fused-ring (bicyclic) bond motifs is 1. The Kier molecular flexibility index (Phi) is 8.11. The van der Waals surface area contributed by atoms with Crippen LogP contribution in [0.25, 0.3) is 10.9 Å². The van der Waals surface area contributed by atoms with Crippen molar-refractivity contribution in [2.45, 2.75) is 130 Å². The molecule has 0 aliphatic carbocycles. The van der Waals surface area contributed by atoms with Gasteiger partial charge in [0.05, 0.1) is 28.5 Å². The molecule has 10 heteroatoms. The third kappa shape index (κ3) is 6.43. The van der Waals surface area contributed by atoms with Crippen molar-refractivity contribution in [1.82, 2.24) is 14.5 Å². The summed E-state index contributed by atoms with van der Waals surface area (Å²) in [6.07, 6.45) is 2.58. The van der Waals surface area contributed by atoms with E-state index in [9.17, 15) is 9.59 Å². The number of hydrogen-bond acceptors (Lipinski definition) is 7. The van der Waals surface area contributed by atoms with Crippen LogP contribution < -0.4 is 5.59 Å². The van der Waals surface area contributed by atoms with Gasteiger partial charge >= 0.3 is 19.3 Å². The number of carbonyl (C=O) groups is 2. The summed E-state index contributed by atoms with van der Waals surface area (Å²) in [5.74, 6) is 0.253. The van der Waals surface area contributed by atoms with Crippen molar-refractivity contribution >= 4 is 35.8 Å². The van der Waals surface area contributed by atoms with E-state index in [1.54, 1.807) is 15.7 Å². The molecule has 2 aliphatic heterocycles. The lowest BCUT2D eigenvalue weighted by atomic mass is 9.78. The Morgan fingerprint density at radius 2 is 1.46 bits per heavy atom. The highest BCUT2D eigenvalue weighted by atomic mass is 16.7. The molecule has 0 saturated carbocycles. The number of likely N-dealkylation sites (tertiary alicyclic amines) is 1. The van der Waals surface area contributed by atoms with Gasteiger partial charge in [0.15, 0.2) is 0 Å². The van der Waals surface area contributed by atoms with Crippen molar-refractivity contribution in [2.75, 3.05) is 13.1 Å². The van der Waals surface area contributed by atoms with Crippen LogP contribution in [0, 0.1) is 0 Å². The van der Waals surface area contributed by atoms with Gasteiger partial charge in [-0.25, -0.2) is 9.59 Å².